The molecular weight excluding hydrogens is 451 g/mol. The fraction of sp³-hybridized carbons (Fsp3) is 0.423. The number of rotatable bonds is 5. The van der Waals surface area contributed by atoms with Gasteiger partial charge in [-0.15, -0.1) is 0 Å². The molecule has 0 unspecified atom stereocenters. The molecule has 3 aliphatic rings. The number of anilines is 2. The lowest BCUT2D eigenvalue weighted by molar-refractivity contribution is -0.125. The molecular formula is C26H29FN4O4. The first-order chi connectivity index (χ1) is 17.0. The summed E-state index contributed by atoms with van der Waals surface area (Å²) in [7, 11) is 0. The molecule has 2 saturated heterocycles. The summed E-state index contributed by atoms with van der Waals surface area (Å²) in [6, 6.07) is 11.1. The highest BCUT2D eigenvalue weighted by molar-refractivity contribution is 6.09. The number of amides is 3. The molecule has 1 atom stereocenters. The standard InChI is InChI=1S/C26H29FN4O4/c27-20-7-4-18(5-8-20)16-28-24(32)17-31-23-15-19(25(33)29-11-13-35-14-12-29)6-9-21(23)30-10-2-1-3-22(30)26(31)34/h4-9,15,22H,1-3,10-14,16-17H2,(H,28,32)/t22-/m1/s1. The van der Waals surface area contributed by atoms with Crippen LogP contribution in [0.1, 0.15) is 35.2 Å². The van der Waals surface area contributed by atoms with Crippen molar-refractivity contribution in [2.45, 2.75) is 31.8 Å². The normalized spacial score (nSPS) is 19.7. The summed E-state index contributed by atoms with van der Waals surface area (Å²) in [6.45, 7) is 2.92. The number of piperidine rings is 1. The largest absolute Gasteiger partial charge is 0.378 e. The van der Waals surface area contributed by atoms with E-state index >= 15 is 0 Å². The summed E-state index contributed by atoms with van der Waals surface area (Å²) in [5.41, 5.74) is 2.72. The number of nitrogens with one attached hydrogen (secondary N) is 1. The van der Waals surface area contributed by atoms with Gasteiger partial charge in [0.15, 0.2) is 0 Å². The number of fused-ring (bicyclic) bond motifs is 3. The summed E-state index contributed by atoms with van der Waals surface area (Å²) in [5.74, 6) is -0.881. The maximum Gasteiger partial charge on any atom is 0.254 e. The summed E-state index contributed by atoms with van der Waals surface area (Å²) in [5, 5.41) is 2.82. The number of nitrogens with zero attached hydrogens (tertiary/aromatic N) is 3. The Morgan fingerprint density at radius 3 is 2.54 bits per heavy atom. The fourth-order valence-electron chi connectivity index (χ4n) is 5.01. The van der Waals surface area contributed by atoms with Crippen LogP contribution in [0, 0.1) is 5.82 Å². The third-order valence-electron chi connectivity index (χ3n) is 6.88. The highest BCUT2D eigenvalue weighted by atomic mass is 19.1. The van der Waals surface area contributed by atoms with Gasteiger partial charge >= 0.3 is 0 Å². The molecule has 0 radical (unpaired) electrons. The zero-order chi connectivity index (χ0) is 24.4. The van der Waals surface area contributed by atoms with Gasteiger partial charge in [-0.1, -0.05) is 12.1 Å². The Hall–Kier alpha value is -3.46. The summed E-state index contributed by atoms with van der Waals surface area (Å²) in [4.78, 5) is 44.8. The number of benzene rings is 2. The second-order valence-electron chi connectivity index (χ2n) is 9.14. The van der Waals surface area contributed by atoms with Crippen LogP contribution in [0.25, 0.3) is 0 Å². The molecule has 2 aromatic carbocycles. The molecule has 2 fully saturated rings. The minimum atomic E-state index is -0.338. The Balaban J connectivity index is 1.39. The first-order valence-electron chi connectivity index (χ1n) is 12.1. The van der Waals surface area contributed by atoms with Crippen LogP contribution < -0.4 is 15.1 Å². The van der Waals surface area contributed by atoms with Crippen molar-refractivity contribution in [1.82, 2.24) is 10.2 Å². The van der Waals surface area contributed by atoms with E-state index in [0.717, 1.165) is 37.1 Å². The van der Waals surface area contributed by atoms with Gasteiger partial charge in [-0.2, -0.15) is 0 Å². The van der Waals surface area contributed by atoms with Crippen molar-refractivity contribution in [2.24, 2.45) is 0 Å². The van der Waals surface area contributed by atoms with Crippen LogP contribution in [0.4, 0.5) is 15.8 Å². The minimum absolute atomic E-state index is 0.106. The first kappa shape index (κ1) is 23.3. The van der Waals surface area contributed by atoms with E-state index in [1.807, 2.05) is 12.1 Å². The SMILES string of the molecule is O=C(CN1C(=O)[C@H]2CCCCN2c2ccc(C(=O)N3CCOCC3)cc21)NCc1ccc(F)cc1. The zero-order valence-electron chi connectivity index (χ0n) is 19.5. The van der Waals surface area contributed by atoms with Crippen molar-refractivity contribution < 1.29 is 23.5 Å². The lowest BCUT2D eigenvalue weighted by atomic mass is 9.95. The topological polar surface area (TPSA) is 82.2 Å². The molecule has 0 saturated carbocycles. The fourth-order valence-corrected chi connectivity index (χ4v) is 5.01. The Morgan fingerprint density at radius 2 is 1.77 bits per heavy atom. The van der Waals surface area contributed by atoms with Gasteiger partial charge in [0.2, 0.25) is 11.8 Å². The average Bonchev–Trinajstić information content (AvgIpc) is 2.90. The molecule has 8 nitrogen and oxygen atoms in total. The number of halogens is 1. The van der Waals surface area contributed by atoms with E-state index in [4.69, 9.17) is 4.74 Å². The van der Waals surface area contributed by atoms with E-state index in [2.05, 4.69) is 10.2 Å². The molecule has 2 aromatic rings. The maximum absolute atomic E-state index is 13.5. The van der Waals surface area contributed by atoms with E-state index in [1.54, 1.807) is 23.1 Å². The molecule has 35 heavy (non-hydrogen) atoms. The summed E-state index contributed by atoms with van der Waals surface area (Å²) >= 11 is 0. The highest BCUT2D eigenvalue weighted by Gasteiger charge is 2.40. The monoisotopic (exact) mass is 480 g/mol. The molecule has 184 valence electrons. The molecule has 1 N–H and O–H groups in total. The second kappa shape index (κ2) is 10.0. The number of ether oxygens (including phenoxy) is 1. The van der Waals surface area contributed by atoms with Gasteiger partial charge in [-0.25, -0.2) is 4.39 Å². The highest BCUT2D eigenvalue weighted by Crippen LogP contribution is 2.40. The van der Waals surface area contributed by atoms with Crippen molar-refractivity contribution in [3.05, 3.63) is 59.4 Å². The molecule has 0 aromatic heterocycles. The first-order valence-corrected chi connectivity index (χ1v) is 12.1. The minimum Gasteiger partial charge on any atom is -0.378 e. The molecule has 3 heterocycles. The van der Waals surface area contributed by atoms with Crippen LogP contribution >= 0.6 is 0 Å². The summed E-state index contributed by atoms with van der Waals surface area (Å²) < 4.78 is 18.5. The lowest BCUT2D eigenvalue weighted by Crippen LogP contribution is -2.57. The van der Waals surface area contributed by atoms with Gasteiger partial charge in [0.25, 0.3) is 5.91 Å². The van der Waals surface area contributed by atoms with Crippen LogP contribution in [0.2, 0.25) is 0 Å². The predicted octanol–water partition coefficient (Wildman–Crippen LogP) is 2.32. The third kappa shape index (κ3) is 4.86. The van der Waals surface area contributed by atoms with Crippen LogP contribution in [0.5, 0.6) is 0 Å². The smallest absolute Gasteiger partial charge is 0.254 e. The van der Waals surface area contributed by atoms with Crippen LogP contribution in [0.3, 0.4) is 0 Å². The molecule has 3 amide bonds. The predicted molar refractivity (Wildman–Crippen MR) is 129 cm³/mol. The average molecular weight is 481 g/mol. The van der Waals surface area contributed by atoms with Crippen molar-refractivity contribution in [3.8, 4) is 0 Å². The lowest BCUT2D eigenvalue weighted by Gasteiger charge is -2.45. The van der Waals surface area contributed by atoms with Gasteiger partial charge < -0.3 is 19.9 Å². The van der Waals surface area contributed by atoms with Crippen LogP contribution in [0.15, 0.2) is 42.5 Å². The Bertz CT molecular complexity index is 1120. The van der Waals surface area contributed by atoms with E-state index in [1.165, 1.54) is 17.0 Å². The van der Waals surface area contributed by atoms with Gasteiger partial charge in [0, 0.05) is 31.7 Å². The van der Waals surface area contributed by atoms with Gasteiger partial charge in [0.05, 0.1) is 24.6 Å². The third-order valence-corrected chi connectivity index (χ3v) is 6.88. The molecule has 5 rings (SSSR count). The molecule has 3 aliphatic heterocycles. The van der Waals surface area contributed by atoms with Crippen LogP contribution in [-0.4, -0.2) is 68.1 Å². The number of carbonyl (C=O) groups is 3. The van der Waals surface area contributed by atoms with Gasteiger partial charge in [0.1, 0.15) is 18.4 Å². The van der Waals surface area contributed by atoms with E-state index in [9.17, 15) is 18.8 Å². The number of hydrogen-bond acceptors (Lipinski definition) is 5. The maximum atomic E-state index is 13.5. The Morgan fingerprint density at radius 1 is 1.00 bits per heavy atom. The van der Waals surface area contributed by atoms with Crippen molar-refractivity contribution in [2.75, 3.05) is 49.2 Å². The number of carbonyl (C=O) groups excluding carboxylic acids is 3. The van der Waals surface area contributed by atoms with E-state index < -0.39 is 0 Å². The van der Waals surface area contributed by atoms with Crippen LogP contribution in [-0.2, 0) is 20.9 Å². The molecule has 9 heteroatoms. The molecule has 0 aliphatic carbocycles. The second-order valence-corrected chi connectivity index (χ2v) is 9.14. The van der Waals surface area contributed by atoms with E-state index in [-0.39, 0.29) is 42.7 Å². The van der Waals surface area contributed by atoms with Crippen molar-refractivity contribution in [1.29, 1.82) is 0 Å². The Kier molecular flexibility index (Phi) is 6.68. The molecule has 0 spiro atoms. The quantitative estimate of drug-likeness (QED) is 0.711. The molecule has 0 bridgehead atoms. The number of morpholine rings is 1. The van der Waals surface area contributed by atoms with Gasteiger partial charge in [-0.3, -0.25) is 19.3 Å². The van der Waals surface area contributed by atoms with Crippen molar-refractivity contribution >= 4 is 29.1 Å². The van der Waals surface area contributed by atoms with Gasteiger partial charge in [-0.05, 0) is 55.2 Å². The Labute approximate surface area is 203 Å². The summed E-state index contributed by atoms with van der Waals surface area (Å²) in [6.07, 6.45) is 2.69. The van der Waals surface area contributed by atoms with Crippen molar-refractivity contribution in [3.63, 3.8) is 0 Å². The number of hydrogen-bond donors (Lipinski definition) is 1. The zero-order valence-corrected chi connectivity index (χ0v) is 19.5. The van der Waals surface area contributed by atoms with E-state index in [0.29, 0.717) is 37.6 Å².